The second kappa shape index (κ2) is 10.7. The molecule has 0 saturated carbocycles. The third-order valence-electron chi connectivity index (χ3n) is 4.34. The molecule has 0 bridgehead atoms. The van der Waals surface area contributed by atoms with Crippen molar-refractivity contribution >= 4 is 40.9 Å². The van der Waals surface area contributed by atoms with Crippen LogP contribution in [0.5, 0.6) is 5.75 Å². The number of hydrogen-bond donors (Lipinski definition) is 1. The van der Waals surface area contributed by atoms with Crippen LogP contribution >= 0.6 is 35.0 Å². The average molecular weight is 465 g/mol. The molecule has 1 aromatic heterocycles. The molecule has 0 saturated heterocycles. The molecule has 1 unspecified atom stereocenters. The Kier molecular flexibility index (Phi) is 8.01. The molecule has 3 aromatic rings. The first kappa shape index (κ1) is 22.5. The van der Waals surface area contributed by atoms with Crippen molar-refractivity contribution in [1.29, 1.82) is 0 Å². The van der Waals surface area contributed by atoms with Gasteiger partial charge in [0.05, 0.1) is 10.8 Å². The van der Waals surface area contributed by atoms with Crippen molar-refractivity contribution < 1.29 is 9.53 Å². The van der Waals surface area contributed by atoms with Gasteiger partial charge in [0.1, 0.15) is 5.75 Å². The lowest BCUT2D eigenvalue weighted by molar-refractivity contribution is -0.118. The fraction of sp³-hybridized carbons (Fsp3) is 0.286. The van der Waals surface area contributed by atoms with E-state index in [0.717, 1.165) is 6.42 Å². The number of ether oxygens (including phenoxy) is 1. The Labute approximate surface area is 189 Å². The van der Waals surface area contributed by atoms with E-state index in [1.165, 1.54) is 17.3 Å². The number of hydrogen-bond acceptors (Lipinski definition) is 5. The van der Waals surface area contributed by atoms with Crippen molar-refractivity contribution in [1.82, 2.24) is 20.1 Å². The van der Waals surface area contributed by atoms with E-state index in [-0.39, 0.29) is 11.7 Å². The summed E-state index contributed by atoms with van der Waals surface area (Å²) in [4.78, 5) is 12.1. The number of aromatic nitrogens is 3. The van der Waals surface area contributed by atoms with Gasteiger partial charge >= 0.3 is 0 Å². The van der Waals surface area contributed by atoms with Crippen LogP contribution in [0, 0.1) is 0 Å². The van der Waals surface area contributed by atoms with Crippen molar-refractivity contribution in [2.24, 2.45) is 7.05 Å². The van der Waals surface area contributed by atoms with Gasteiger partial charge in [-0.3, -0.25) is 4.79 Å². The number of thioether (sulfide) groups is 1. The zero-order valence-electron chi connectivity index (χ0n) is 16.6. The average Bonchev–Trinajstić information content (AvgIpc) is 3.10. The number of nitrogens with one attached hydrogen (secondary N) is 1. The molecule has 158 valence electrons. The van der Waals surface area contributed by atoms with Crippen LogP contribution in [0.15, 0.2) is 53.7 Å². The Morgan fingerprint density at radius 1 is 1.20 bits per heavy atom. The topological polar surface area (TPSA) is 69.0 Å². The highest BCUT2D eigenvalue weighted by Crippen LogP contribution is 2.31. The van der Waals surface area contributed by atoms with Crippen LogP contribution in [-0.4, -0.2) is 33.0 Å². The fourth-order valence-electron chi connectivity index (χ4n) is 2.79. The molecule has 3 rings (SSSR count). The molecule has 1 heterocycles. The zero-order valence-corrected chi connectivity index (χ0v) is 19.0. The summed E-state index contributed by atoms with van der Waals surface area (Å²) in [6, 6.07) is 15.1. The molecule has 0 radical (unpaired) electrons. The number of halogens is 2. The van der Waals surface area contributed by atoms with Crippen molar-refractivity contribution in [3.05, 3.63) is 70.0 Å². The number of rotatable bonds is 9. The smallest absolute Gasteiger partial charge is 0.230 e. The van der Waals surface area contributed by atoms with Gasteiger partial charge in [-0.25, -0.2) is 0 Å². The van der Waals surface area contributed by atoms with E-state index in [2.05, 4.69) is 15.5 Å². The van der Waals surface area contributed by atoms with Crippen LogP contribution in [0.4, 0.5) is 0 Å². The molecule has 0 fully saturated rings. The minimum Gasteiger partial charge on any atom is -0.481 e. The molecule has 9 heteroatoms. The van der Waals surface area contributed by atoms with Gasteiger partial charge in [0.25, 0.3) is 0 Å². The van der Waals surface area contributed by atoms with Gasteiger partial charge < -0.3 is 14.6 Å². The highest BCUT2D eigenvalue weighted by Gasteiger charge is 2.19. The Hall–Kier alpha value is -2.22. The standard InChI is InChI=1S/C21H22Cl2N4O2S/c1-14(29-18-12-16(22)8-9-17(18)23)20-25-26-21(27(20)2)30-13-19(28)24-11-10-15-6-4-3-5-7-15/h3-9,12,14H,10-11,13H2,1-2H3,(H,24,28). The van der Waals surface area contributed by atoms with Crippen LogP contribution in [-0.2, 0) is 18.3 Å². The highest BCUT2D eigenvalue weighted by molar-refractivity contribution is 7.99. The lowest BCUT2D eigenvalue weighted by Crippen LogP contribution is -2.27. The SMILES string of the molecule is CC(Oc1cc(Cl)ccc1Cl)c1nnc(SCC(=O)NCCc2ccccc2)n1C. The number of carbonyl (C=O) groups excluding carboxylic acids is 1. The number of carbonyl (C=O) groups is 1. The third-order valence-corrected chi connectivity index (χ3v) is 5.91. The fourth-order valence-corrected chi connectivity index (χ4v) is 3.86. The second-order valence-electron chi connectivity index (χ2n) is 6.61. The van der Waals surface area contributed by atoms with E-state index >= 15 is 0 Å². The maximum absolute atomic E-state index is 12.1. The molecule has 1 N–H and O–H groups in total. The summed E-state index contributed by atoms with van der Waals surface area (Å²) in [5.74, 6) is 1.32. The summed E-state index contributed by atoms with van der Waals surface area (Å²) in [5.41, 5.74) is 1.19. The Bertz CT molecular complexity index is 998. The molecule has 6 nitrogen and oxygen atoms in total. The van der Waals surface area contributed by atoms with E-state index in [0.29, 0.717) is 33.3 Å². The minimum absolute atomic E-state index is 0.0458. The summed E-state index contributed by atoms with van der Waals surface area (Å²) in [6.07, 6.45) is 0.402. The van der Waals surface area contributed by atoms with E-state index in [1.54, 1.807) is 18.2 Å². The maximum Gasteiger partial charge on any atom is 0.230 e. The first-order valence-corrected chi connectivity index (χ1v) is 11.1. The van der Waals surface area contributed by atoms with E-state index < -0.39 is 6.10 Å². The van der Waals surface area contributed by atoms with Gasteiger partial charge in [0, 0.05) is 24.7 Å². The number of benzene rings is 2. The van der Waals surface area contributed by atoms with Crippen molar-refractivity contribution in [2.75, 3.05) is 12.3 Å². The predicted molar refractivity (Wildman–Crippen MR) is 120 cm³/mol. The number of amides is 1. The monoisotopic (exact) mass is 464 g/mol. The molecule has 1 atom stereocenters. The van der Waals surface area contributed by atoms with E-state index in [4.69, 9.17) is 27.9 Å². The van der Waals surface area contributed by atoms with Gasteiger partial charge in [0.15, 0.2) is 17.1 Å². The normalized spacial score (nSPS) is 11.9. The lowest BCUT2D eigenvalue weighted by Gasteiger charge is -2.15. The number of nitrogens with zero attached hydrogens (tertiary/aromatic N) is 3. The zero-order chi connectivity index (χ0) is 21.5. The first-order valence-electron chi connectivity index (χ1n) is 9.38. The molecule has 2 aromatic carbocycles. The van der Waals surface area contributed by atoms with Crippen LogP contribution in [0.1, 0.15) is 24.4 Å². The Morgan fingerprint density at radius 3 is 2.73 bits per heavy atom. The first-order chi connectivity index (χ1) is 14.4. The third kappa shape index (κ3) is 6.14. The summed E-state index contributed by atoms with van der Waals surface area (Å²) in [6.45, 7) is 2.45. The molecule has 30 heavy (non-hydrogen) atoms. The van der Waals surface area contributed by atoms with Crippen LogP contribution < -0.4 is 10.1 Å². The van der Waals surface area contributed by atoms with E-state index in [1.807, 2.05) is 48.9 Å². The predicted octanol–water partition coefficient (Wildman–Crippen LogP) is 4.71. The van der Waals surface area contributed by atoms with Crippen LogP contribution in [0.25, 0.3) is 0 Å². The largest absolute Gasteiger partial charge is 0.481 e. The highest BCUT2D eigenvalue weighted by atomic mass is 35.5. The van der Waals surface area contributed by atoms with Crippen molar-refractivity contribution in [3.8, 4) is 5.75 Å². The molecular weight excluding hydrogens is 443 g/mol. The van der Waals surface area contributed by atoms with Gasteiger partial charge in [-0.1, -0.05) is 65.3 Å². The van der Waals surface area contributed by atoms with Crippen LogP contribution in [0.3, 0.4) is 0 Å². The second-order valence-corrected chi connectivity index (χ2v) is 8.39. The maximum atomic E-state index is 12.1. The van der Waals surface area contributed by atoms with Crippen molar-refractivity contribution in [2.45, 2.75) is 24.6 Å². The molecular formula is C21H22Cl2N4O2S. The summed E-state index contributed by atoms with van der Waals surface area (Å²) >= 11 is 13.5. The quantitative estimate of drug-likeness (QED) is 0.464. The summed E-state index contributed by atoms with van der Waals surface area (Å²) in [5, 5.41) is 12.9. The lowest BCUT2D eigenvalue weighted by atomic mass is 10.1. The molecule has 1 amide bonds. The van der Waals surface area contributed by atoms with E-state index in [9.17, 15) is 4.79 Å². The molecule has 0 aliphatic carbocycles. The summed E-state index contributed by atoms with van der Waals surface area (Å²) in [7, 11) is 1.84. The van der Waals surface area contributed by atoms with Gasteiger partial charge in [-0.15, -0.1) is 10.2 Å². The van der Waals surface area contributed by atoms with Crippen molar-refractivity contribution in [3.63, 3.8) is 0 Å². The Morgan fingerprint density at radius 2 is 1.97 bits per heavy atom. The molecule has 0 aliphatic rings. The van der Waals surface area contributed by atoms with Gasteiger partial charge in [0.2, 0.25) is 5.91 Å². The van der Waals surface area contributed by atoms with Gasteiger partial charge in [-0.05, 0) is 31.0 Å². The van der Waals surface area contributed by atoms with Gasteiger partial charge in [-0.2, -0.15) is 0 Å². The van der Waals surface area contributed by atoms with Crippen LogP contribution in [0.2, 0.25) is 10.0 Å². The molecule has 0 aliphatic heterocycles. The summed E-state index contributed by atoms with van der Waals surface area (Å²) < 4.78 is 7.71. The minimum atomic E-state index is -0.396. The molecule has 0 spiro atoms. The Balaban J connectivity index is 1.50.